The maximum absolute atomic E-state index is 14.0. The molecular weight excluding hydrogens is 387 g/mol. The SMILES string of the molecule is CCCNC(=O)c1c(NC(=O)c2ccccc2F)sc2c1CC[C@H](C(C)(C)C)C2. The molecule has 1 aliphatic rings. The molecule has 0 saturated carbocycles. The fourth-order valence-electron chi connectivity index (χ4n) is 3.80. The van der Waals surface area contributed by atoms with Crippen LogP contribution < -0.4 is 10.6 Å². The second kappa shape index (κ2) is 8.66. The molecule has 2 aromatic rings. The molecule has 0 radical (unpaired) electrons. The molecule has 4 nitrogen and oxygen atoms in total. The average molecular weight is 417 g/mol. The number of hydrogen-bond acceptors (Lipinski definition) is 3. The predicted molar refractivity (Wildman–Crippen MR) is 116 cm³/mol. The number of fused-ring (bicyclic) bond motifs is 1. The monoisotopic (exact) mass is 416 g/mol. The Morgan fingerprint density at radius 2 is 1.93 bits per heavy atom. The molecule has 29 heavy (non-hydrogen) atoms. The minimum atomic E-state index is -0.573. The van der Waals surface area contributed by atoms with Gasteiger partial charge in [-0.1, -0.05) is 39.8 Å². The van der Waals surface area contributed by atoms with Crippen molar-refractivity contribution in [1.29, 1.82) is 0 Å². The van der Waals surface area contributed by atoms with Gasteiger partial charge < -0.3 is 10.6 Å². The first-order valence-corrected chi connectivity index (χ1v) is 11.0. The number of amides is 2. The van der Waals surface area contributed by atoms with E-state index in [4.69, 9.17) is 0 Å². The summed E-state index contributed by atoms with van der Waals surface area (Å²) in [6, 6.07) is 5.88. The van der Waals surface area contributed by atoms with Gasteiger partial charge in [0.1, 0.15) is 10.8 Å². The molecule has 1 atom stereocenters. The van der Waals surface area contributed by atoms with Crippen LogP contribution in [0.3, 0.4) is 0 Å². The molecule has 3 rings (SSSR count). The summed E-state index contributed by atoms with van der Waals surface area (Å²) in [6.07, 6.45) is 3.56. The number of hydrogen-bond donors (Lipinski definition) is 2. The van der Waals surface area contributed by atoms with Gasteiger partial charge in [-0.3, -0.25) is 9.59 Å². The van der Waals surface area contributed by atoms with Crippen LogP contribution in [-0.2, 0) is 12.8 Å². The largest absolute Gasteiger partial charge is 0.352 e. The van der Waals surface area contributed by atoms with Gasteiger partial charge in [0, 0.05) is 11.4 Å². The number of nitrogens with one attached hydrogen (secondary N) is 2. The third kappa shape index (κ3) is 4.69. The second-order valence-corrected chi connectivity index (χ2v) is 9.81. The van der Waals surface area contributed by atoms with Crippen LogP contribution in [0, 0.1) is 17.2 Å². The van der Waals surface area contributed by atoms with E-state index in [-0.39, 0.29) is 16.9 Å². The lowest BCUT2D eigenvalue weighted by atomic mass is 9.72. The molecule has 1 aliphatic carbocycles. The van der Waals surface area contributed by atoms with Crippen molar-refractivity contribution in [3.05, 3.63) is 51.7 Å². The summed E-state index contributed by atoms with van der Waals surface area (Å²) in [6.45, 7) is 9.30. The zero-order chi connectivity index (χ0) is 21.2. The Kier molecular flexibility index (Phi) is 6.42. The van der Waals surface area contributed by atoms with Gasteiger partial charge in [-0.25, -0.2) is 4.39 Å². The van der Waals surface area contributed by atoms with Gasteiger partial charge in [0.15, 0.2) is 0 Å². The van der Waals surface area contributed by atoms with Crippen molar-refractivity contribution in [3.8, 4) is 0 Å². The number of carbonyl (C=O) groups excluding carboxylic acids is 2. The maximum Gasteiger partial charge on any atom is 0.259 e. The Hall–Kier alpha value is -2.21. The lowest BCUT2D eigenvalue weighted by molar-refractivity contribution is 0.0953. The highest BCUT2D eigenvalue weighted by Gasteiger charge is 2.34. The molecule has 0 saturated heterocycles. The molecule has 1 heterocycles. The van der Waals surface area contributed by atoms with Crippen LogP contribution >= 0.6 is 11.3 Å². The van der Waals surface area contributed by atoms with E-state index in [9.17, 15) is 14.0 Å². The lowest BCUT2D eigenvalue weighted by Crippen LogP contribution is -2.29. The van der Waals surface area contributed by atoms with Gasteiger partial charge in [-0.15, -0.1) is 11.3 Å². The molecule has 0 unspecified atom stereocenters. The lowest BCUT2D eigenvalue weighted by Gasteiger charge is -2.33. The zero-order valence-electron chi connectivity index (χ0n) is 17.5. The van der Waals surface area contributed by atoms with Crippen LogP contribution in [0.15, 0.2) is 24.3 Å². The molecular formula is C23H29FN2O2S. The van der Waals surface area contributed by atoms with Crippen LogP contribution in [0.25, 0.3) is 0 Å². The first-order valence-electron chi connectivity index (χ1n) is 10.2. The van der Waals surface area contributed by atoms with Crippen molar-refractivity contribution in [2.45, 2.75) is 53.4 Å². The summed E-state index contributed by atoms with van der Waals surface area (Å²) in [7, 11) is 0. The summed E-state index contributed by atoms with van der Waals surface area (Å²) in [4.78, 5) is 26.7. The highest BCUT2D eigenvalue weighted by Crippen LogP contribution is 2.44. The van der Waals surface area contributed by atoms with E-state index >= 15 is 0 Å². The molecule has 2 amide bonds. The van der Waals surface area contributed by atoms with Gasteiger partial charge in [0.05, 0.1) is 11.1 Å². The molecule has 0 spiro atoms. The molecule has 0 bridgehead atoms. The third-order valence-electron chi connectivity index (χ3n) is 5.60. The molecule has 156 valence electrons. The van der Waals surface area contributed by atoms with Crippen molar-refractivity contribution in [3.63, 3.8) is 0 Å². The van der Waals surface area contributed by atoms with Crippen LogP contribution in [0.5, 0.6) is 0 Å². The second-order valence-electron chi connectivity index (χ2n) is 8.70. The molecule has 0 aliphatic heterocycles. The summed E-state index contributed by atoms with van der Waals surface area (Å²) >= 11 is 1.46. The van der Waals surface area contributed by atoms with Gasteiger partial charge in [-0.2, -0.15) is 0 Å². The van der Waals surface area contributed by atoms with Gasteiger partial charge in [0.25, 0.3) is 11.8 Å². The smallest absolute Gasteiger partial charge is 0.259 e. The van der Waals surface area contributed by atoms with E-state index in [2.05, 4.69) is 31.4 Å². The fraction of sp³-hybridized carbons (Fsp3) is 0.478. The quantitative estimate of drug-likeness (QED) is 0.683. The van der Waals surface area contributed by atoms with Gasteiger partial charge >= 0.3 is 0 Å². The van der Waals surface area contributed by atoms with Crippen molar-refractivity contribution in [2.24, 2.45) is 11.3 Å². The first-order chi connectivity index (χ1) is 13.7. The number of halogens is 1. The van der Waals surface area contributed by atoms with E-state index in [0.717, 1.165) is 36.1 Å². The molecule has 2 N–H and O–H groups in total. The van der Waals surface area contributed by atoms with E-state index in [1.165, 1.54) is 23.5 Å². The van der Waals surface area contributed by atoms with Crippen LogP contribution in [0.1, 0.15) is 71.7 Å². The summed E-state index contributed by atoms with van der Waals surface area (Å²) in [5, 5.41) is 6.27. The van der Waals surface area contributed by atoms with Crippen molar-refractivity contribution in [1.82, 2.24) is 5.32 Å². The Morgan fingerprint density at radius 3 is 2.59 bits per heavy atom. The molecule has 1 aromatic carbocycles. The Bertz CT molecular complexity index is 914. The van der Waals surface area contributed by atoms with Crippen LogP contribution in [0.2, 0.25) is 0 Å². The number of benzene rings is 1. The van der Waals surface area contributed by atoms with Crippen LogP contribution in [0.4, 0.5) is 9.39 Å². The van der Waals surface area contributed by atoms with Crippen molar-refractivity contribution < 1.29 is 14.0 Å². The fourth-order valence-corrected chi connectivity index (χ4v) is 5.12. The third-order valence-corrected chi connectivity index (χ3v) is 6.77. The van der Waals surface area contributed by atoms with Gasteiger partial charge in [-0.05, 0) is 54.7 Å². The molecule has 6 heteroatoms. The van der Waals surface area contributed by atoms with Crippen molar-refractivity contribution in [2.75, 3.05) is 11.9 Å². The minimum absolute atomic E-state index is 0.0219. The summed E-state index contributed by atoms with van der Waals surface area (Å²) < 4.78 is 14.0. The van der Waals surface area contributed by atoms with Gasteiger partial charge in [0.2, 0.25) is 0 Å². The van der Waals surface area contributed by atoms with E-state index in [0.29, 0.717) is 23.0 Å². The van der Waals surface area contributed by atoms with E-state index in [1.807, 2.05) is 6.92 Å². The van der Waals surface area contributed by atoms with E-state index in [1.54, 1.807) is 12.1 Å². The Morgan fingerprint density at radius 1 is 1.21 bits per heavy atom. The van der Waals surface area contributed by atoms with E-state index < -0.39 is 11.7 Å². The normalized spacial score (nSPS) is 16.2. The standard InChI is InChI=1S/C23H29FN2O2S/c1-5-12-25-21(28)19-16-11-10-14(23(2,3)4)13-18(16)29-22(19)26-20(27)15-8-6-7-9-17(15)24/h6-9,14H,5,10-13H2,1-4H3,(H,25,28)(H,26,27)/t14-/m0/s1. The molecule has 0 fully saturated rings. The number of thiophene rings is 1. The topological polar surface area (TPSA) is 58.2 Å². The average Bonchev–Trinajstić information content (AvgIpc) is 3.02. The number of anilines is 1. The Labute approximate surface area is 175 Å². The zero-order valence-corrected chi connectivity index (χ0v) is 18.3. The maximum atomic E-state index is 14.0. The highest BCUT2D eigenvalue weighted by molar-refractivity contribution is 7.17. The number of carbonyl (C=O) groups is 2. The Balaban J connectivity index is 1.95. The minimum Gasteiger partial charge on any atom is -0.352 e. The predicted octanol–water partition coefficient (Wildman–Crippen LogP) is 5.43. The number of rotatable bonds is 5. The van der Waals surface area contributed by atoms with Crippen molar-refractivity contribution >= 4 is 28.2 Å². The highest BCUT2D eigenvalue weighted by atomic mass is 32.1. The molecule has 1 aromatic heterocycles. The summed E-state index contributed by atoms with van der Waals surface area (Å²) in [5.74, 6) is -0.743. The first kappa shape index (κ1) is 21.5. The summed E-state index contributed by atoms with van der Waals surface area (Å²) in [5.41, 5.74) is 1.75. The van der Waals surface area contributed by atoms with Crippen LogP contribution in [-0.4, -0.2) is 18.4 Å².